The van der Waals surface area contributed by atoms with Crippen LogP contribution in [0.3, 0.4) is 0 Å². The lowest BCUT2D eigenvalue weighted by Crippen LogP contribution is -2.15. The van der Waals surface area contributed by atoms with Crippen molar-refractivity contribution in [1.82, 2.24) is 0 Å². The van der Waals surface area contributed by atoms with Crippen LogP contribution in [0.1, 0.15) is 19.8 Å². The smallest absolute Gasteiger partial charge is 0.231 e. The van der Waals surface area contributed by atoms with Gasteiger partial charge in [-0.15, -0.1) is 0 Å². The number of anilines is 1. The fraction of sp³-hybridized carbons (Fsp3) is 0.273. The van der Waals surface area contributed by atoms with Gasteiger partial charge in [-0.3, -0.25) is 9.59 Å². The van der Waals surface area contributed by atoms with Crippen molar-refractivity contribution >= 4 is 33.3 Å². The molecule has 16 heavy (non-hydrogen) atoms. The number of hydrogen-bond donors (Lipinski definition) is 1. The van der Waals surface area contributed by atoms with Crippen LogP contribution in [0.4, 0.5) is 10.1 Å². The Labute approximate surface area is 101 Å². The standard InChI is InChI=1S/C11H11BrFNO2/c1-2-8(15)6-11(16)14-7-3-4-10(13)9(12)5-7/h3-5H,2,6H2,1H3,(H,14,16). The Morgan fingerprint density at radius 1 is 1.44 bits per heavy atom. The van der Waals surface area contributed by atoms with E-state index in [1.165, 1.54) is 18.2 Å². The molecule has 1 amide bonds. The molecule has 0 unspecified atom stereocenters. The molecule has 0 aromatic heterocycles. The lowest BCUT2D eigenvalue weighted by molar-refractivity contribution is -0.125. The Kier molecular flexibility index (Phi) is 4.61. The molecule has 0 aliphatic carbocycles. The highest BCUT2D eigenvalue weighted by molar-refractivity contribution is 9.10. The van der Waals surface area contributed by atoms with Gasteiger partial charge in [-0.05, 0) is 34.1 Å². The first-order chi connectivity index (χ1) is 7.52. The minimum absolute atomic E-state index is 0.126. The van der Waals surface area contributed by atoms with Crippen LogP contribution < -0.4 is 5.32 Å². The van der Waals surface area contributed by atoms with Crippen LogP contribution in [0.25, 0.3) is 0 Å². The first-order valence-corrected chi connectivity index (χ1v) is 5.59. The summed E-state index contributed by atoms with van der Waals surface area (Å²) >= 11 is 3.01. The minimum atomic E-state index is -0.400. The molecule has 1 rings (SSSR count). The number of hydrogen-bond acceptors (Lipinski definition) is 2. The molecule has 0 atom stereocenters. The summed E-state index contributed by atoms with van der Waals surface area (Å²) in [6.45, 7) is 1.70. The Bertz CT molecular complexity index is 420. The maximum atomic E-state index is 12.9. The van der Waals surface area contributed by atoms with Crippen molar-refractivity contribution in [2.24, 2.45) is 0 Å². The number of nitrogens with one attached hydrogen (secondary N) is 1. The molecule has 5 heteroatoms. The van der Waals surface area contributed by atoms with E-state index in [2.05, 4.69) is 21.2 Å². The van der Waals surface area contributed by atoms with Crippen LogP contribution >= 0.6 is 15.9 Å². The van der Waals surface area contributed by atoms with Crippen molar-refractivity contribution in [3.63, 3.8) is 0 Å². The fourth-order valence-electron chi connectivity index (χ4n) is 1.08. The summed E-state index contributed by atoms with van der Waals surface area (Å²) < 4.78 is 13.2. The van der Waals surface area contributed by atoms with E-state index in [1.54, 1.807) is 6.92 Å². The summed E-state index contributed by atoms with van der Waals surface area (Å²) in [6.07, 6.45) is 0.187. The quantitative estimate of drug-likeness (QED) is 0.866. The molecule has 0 bridgehead atoms. The van der Waals surface area contributed by atoms with Gasteiger partial charge in [0.15, 0.2) is 0 Å². The SMILES string of the molecule is CCC(=O)CC(=O)Nc1ccc(F)c(Br)c1. The highest BCUT2D eigenvalue weighted by Crippen LogP contribution is 2.20. The van der Waals surface area contributed by atoms with Crippen LogP contribution in [-0.4, -0.2) is 11.7 Å². The van der Waals surface area contributed by atoms with E-state index in [-0.39, 0.29) is 22.6 Å². The van der Waals surface area contributed by atoms with E-state index in [9.17, 15) is 14.0 Å². The Balaban J connectivity index is 2.63. The average Bonchev–Trinajstić information content (AvgIpc) is 2.23. The lowest BCUT2D eigenvalue weighted by Gasteiger charge is -2.05. The summed E-state index contributed by atoms with van der Waals surface area (Å²) in [5.74, 6) is -0.910. The molecule has 86 valence electrons. The second kappa shape index (κ2) is 5.75. The van der Waals surface area contributed by atoms with Gasteiger partial charge in [0.25, 0.3) is 0 Å². The summed E-state index contributed by atoms with van der Waals surface area (Å²) in [4.78, 5) is 22.3. The van der Waals surface area contributed by atoms with Crippen LogP contribution in [0, 0.1) is 5.82 Å². The Morgan fingerprint density at radius 3 is 2.69 bits per heavy atom. The van der Waals surface area contributed by atoms with Gasteiger partial charge in [-0.2, -0.15) is 0 Å². The maximum Gasteiger partial charge on any atom is 0.231 e. The second-order valence-corrected chi connectivity index (χ2v) is 4.10. The van der Waals surface area contributed by atoms with E-state index in [0.717, 1.165) is 0 Å². The predicted octanol–water partition coefficient (Wildman–Crippen LogP) is 2.90. The number of amides is 1. The number of Topliss-reactive ketones (excluding diaryl/α,β-unsaturated/α-hetero) is 1. The third-order valence-electron chi connectivity index (χ3n) is 1.96. The van der Waals surface area contributed by atoms with Gasteiger partial charge in [-0.1, -0.05) is 6.92 Å². The van der Waals surface area contributed by atoms with Gasteiger partial charge in [0, 0.05) is 12.1 Å². The van der Waals surface area contributed by atoms with Crippen molar-refractivity contribution in [1.29, 1.82) is 0 Å². The van der Waals surface area contributed by atoms with E-state index in [1.807, 2.05) is 0 Å². The molecule has 1 aromatic carbocycles. The molecule has 0 aliphatic rings. The van der Waals surface area contributed by atoms with E-state index in [0.29, 0.717) is 12.1 Å². The number of ketones is 1. The van der Waals surface area contributed by atoms with Gasteiger partial charge in [-0.25, -0.2) is 4.39 Å². The normalized spacial score (nSPS) is 9.94. The van der Waals surface area contributed by atoms with Crippen LogP contribution in [0.2, 0.25) is 0 Å². The highest BCUT2D eigenvalue weighted by atomic mass is 79.9. The van der Waals surface area contributed by atoms with E-state index >= 15 is 0 Å². The molecular formula is C11H11BrFNO2. The number of benzene rings is 1. The largest absolute Gasteiger partial charge is 0.326 e. The number of rotatable bonds is 4. The van der Waals surface area contributed by atoms with Crippen molar-refractivity contribution in [2.75, 3.05) is 5.32 Å². The minimum Gasteiger partial charge on any atom is -0.326 e. The first-order valence-electron chi connectivity index (χ1n) is 4.79. The monoisotopic (exact) mass is 287 g/mol. The number of halogens is 2. The molecule has 0 spiro atoms. The van der Waals surface area contributed by atoms with Crippen molar-refractivity contribution < 1.29 is 14.0 Å². The molecular weight excluding hydrogens is 277 g/mol. The molecule has 0 radical (unpaired) electrons. The van der Waals surface area contributed by atoms with Crippen LogP contribution in [0.5, 0.6) is 0 Å². The highest BCUT2D eigenvalue weighted by Gasteiger charge is 2.08. The summed E-state index contributed by atoms with van der Waals surface area (Å²) in [6, 6.07) is 4.12. The molecule has 0 heterocycles. The van der Waals surface area contributed by atoms with Crippen molar-refractivity contribution in [3.8, 4) is 0 Å². The summed E-state index contributed by atoms with van der Waals surface area (Å²) in [5, 5.41) is 2.52. The molecule has 0 saturated carbocycles. The van der Waals surface area contributed by atoms with E-state index < -0.39 is 5.82 Å². The van der Waals surface area contributed by atoms with Crippen molar-refractivity contribution in [2.45, 2.75) is 19.8 Å². The molecule has 1 aromatic rings. The maximum absolute atomic E-state index is 12.9. The third kappa shape index (κ3) is 3.73. The molecule has 0 saturated heterocycles. The van der Waals surface area contributed by atoms with Gasteiger partial charge in [0.2, 0.25) is 5.91 Å². The lowest BCUT2D eigenvalue weighted by atomic mass is 10.2. The molecule has 0 fully saturated rings. The zero-order chi connectivity index (χ0) is 12.1. The zero-order valence-electron chi connectivity index (χ0n) is 8.72. The first kappa shape index (κ1) is 12.8. The van der Waals surface area contributed by atoms with Gasteiger partial charge >= 0.3 is 0 Å². The average molecular weight is 288 g/mol. The molecule has 1 N–H and O–H groups in total. The van der Waals surface area contributed by atoms with Crippen molar-refractivity contribution in [3.05, 3.63) is 28.5 Å². The predicted molar refractivity (Wildman–Crippen MR) is 62.6 cm³/mol. The Morgan fingerprint density at radius 2 is 2.12 bits per heavy atom. The van der Waals surface area contributed by atoms with Gasteiger partial charge < -0.3 is 5.32 Å². The number of carbonyl (C=O) groups is 2. The summed E-state index contributed by atoms with van der Waals surface area (Å²) in [5.41, 5.74) is 0.460. The fourth-order valence-corrected chi connectivity index (χ4v) is 1.46. The third-order valence-corrected chi connectivity index (χ3v) is 2.56. The molecule has 0 aliphatic heterocycles. The summed E-state index contributed by atoms with van der Waals surface area (Å²) in [7, 11) is 0. The van der Waals surface area contributed by atoms with Gasteiger partial charge in [0.05, 0.1) is 10.9 Å². The van der Waals surface area contributed by atoms with Crippen LogP contribution in [-0.2, 0) is 9.59 Å². The molecule has 3 nitrogen and oxygen atoms in total. The Hall–Kier alpha value is -1.23. The second-order valence-electron chi connectivity index (χ2n) is 3.25. The van der Waals surface area contributed by atoms with Crippen LogP contribution in [0.15, 0.2) is 22.7 Å². The van der Waals surface area contributed by atoms with E-state index in [4.69, 9.17) is 0 Å². The number of carbonyl (C=O) groups excluding carboxylic acids is 2. The topological polar surface area (TPSA) is 46.2 Å². The zero-order valence-corrected chi connectivity index (χ0v) is 10.3. The van der Waals surface area contributed by atoms with Gasteiger partial charge in [0.1, 0.15) is 11.6 Å².